The Bertz CT molecular complexity index is 996. The van der Waals surface area contributed by atoms with E-state index in [1.165, 1.54) is 29.7 Å². The van der Waals surface area contributed by atoms with E-state index >= 15 is 0 Å². The first-order chi connectivity index (χ1) is 14.6. The second-order valence-corrected chi connectivity index (χ2v) is 7.76. The zero-order valence-corrected chi connectivity index (χ0v) is 16.9. The monoisotopic (exact) mass is 429 g/mol. The van der Waals surface area contributed by atoms with E-state index in [0.29, 0.717) is 42.5 Å². The van der Waals surface area contributed by atoms with Gasteiger partial charge in [-0.25, -0.2) is 9.37 Å². The molecule has 9 heteroatoms. The number of carbonyl (C=O) groups excluding carboxylic acids is 2. The van der Waals surface area contributed by atoms with Crippen LogP contribution in [0.4, 0.5) is 9.52 Å². The number of benzene rings is 1. The predicted molar refractivity (Wildman–Crippen MR) is 109 cm³/mol. The van der Waals surface area contributed by atoms with E-state index in [1.54, 1.807) is 34.5 Å². The number of hydrogen-bond donors (Lipinski definition) is 1. The normalized spacial score (nSPS) is 14.5. The molecule has 0 radical (unpaired) electrons. The maximum atomic E-state index is 13.0. The average molecular weight is 429 g/mol. The number of furan rings is 1. The second kappa shape index (κ2) is 9.08. The minimum atomic E-state index is -0.379. The van der Waals surface area contributed by atoms with Gasteiger partial charge in [-0.1, -0.05) is 0 Å². The van der Waals surface area contributed by atoms with E-state index in [-0.39, 0.29) is 35.9 Å². The Balaban J connectivity index is 1.24. The summed E-state index contributed by atoms with van der Waals surface area (Å²) in [5, 5.41) is 4.85. The number of nitrogens with zero attached hydrogens (tertiary/aromatic N) is 2. The van der Waals surface area contributed by atoms with Crippen LogP contribution in [0.15, 0.2) is 52.5 Å². The standard InChI is InChI=1S/C21H20FN3O4S/c22-14-3-5-16(6-4-14)29-17-7-9-25(10-8-17)19(26)12-15-13-30-21(23-15)24-20(27)18-2-1-11-28-18/h1-6,11,13,17H,7-10,12H2,(H,23,24,27). The van der Waals surface area contributed by atoms with E-state index in [1.807, 2.05) is 0 Å². The minimum Gasteiger partial charge on any atom is -0.490 e. The quantitative estimate of drug-likeness (QED) is 0.645. The Labute approximate surface area is 176 Å². The highest BCUT2D eigenvalue weighted by molar-refractivity contribution is 7.14. The Kier molecular flexibility index (Phi) is 6.08. The molecule has 1 saturated heterocycles. The number of ether oxygens (including phenoxy) is 1. The van der Waals surface area contributed by atoms with Crippen LogP contribution in [-0.4, -0.2) is 40.9 Å². The molecule has 1 aliphatic heterocycles. The zero-order valence-electron chi connectivity index (χ0n) is 16.0. The summed E-state index contributed by atoms with van der Waals surface area (Å²) in [5.74, 6) is 0.148. The Morgan fingerprint density at radius 3 is 2.70 bits per heavy atom. The molecule has 1 aliphatic rings. The first-order valence-electron chi connectivity index (χ1n) is 9.56. The summed E-state index contributed by atoms with van der Waals surface area (Å²) in [7, 11) is 0. The van der Waals surface area contributed by atoms with Crippen molar-refractivity contribution in [3.05, 3.63) is 65.3 Å². The third-order valence-electron chi connectivity index (χ3n) is 4.76. The fourth-order valence-electron chi connectivity index (χ4n) is 3.21. The number of anilines is 1. The molecule has 3 heterocycles. The van der Waals surface area contributed by atoms with Gasteiger partial charge in [-0.15, -0.1) is 11.3 Å². The second-order valence-electron chi connectivity index (χ2n) is 6.90. The number of hydrogen-bond acceptors (Lipinski definition) is 6. The van der Waals surface area contributed by atoms with Crippen LogP contribution in [0.2, 0.25) is 0 Å². The van der Waals surface area contributed by atoms with Crippen molar-refractivity contribution in [3.8, 4) is 5.75 Å². The van der Waals surface area contributed by atoms with Crippen LogP contribution in [0.3, 0.4) is 0 Å². The molecule has 1 aromatic carbocycles. The molecule has 2 amide bonds. The van der Waals surface area contributed by atoms with Crippen molar-refractivity contribution in [1.82, 2.24) is 9.88 Å². The van der Waals surface area contributed by atoms with Crippen LogP contribution < -0.4 is 10.1 Å². The number of thiazole rings is 1. The molecular formula is C21H20FN3O4S. The van der Waals surface area contributed by atoms with Gasteiger partial charge in [-0.2, -0.15) is 0 Å². The van der Waals surface area contributed by atoms with Gasteiger partial charge < -0.3 is 14.1 Å². The summed E-state index contributed by atoms with van der Waals surface area (Å²) in [6.07, 6.45) is 3.03. The average Bonchev–Trinajstić information content (AvgIpc) is 3.43. The maximum Gasteiger partial charge on any atom is 0.293 e. The van der Waals surface area contributed by atoms with Crippen molar-refractivity contribution in [3.63, 3.8) is 0 Å². The SMILES string of the molecule is O=C(Nc1nc(CC(=O)N2CCC(Oc3ccc(F)cc3)CC2)cs1)c1ccco1. The highest BCUT2D eigenvalue weighted by Crippen LogP contribution is 2.21. The van der Waals surface area contributed by atoms with Crippen LogP contribution in [0.25, 0.3) is 0 Å². The number of piperidine rings is 1. The third kappa shape index (κ3) is 5.04. The van der Waals surface area contributed by atoms with Gasteiger partial charge in [0.15, 0.2) is 10.9 Å². The first kappa shape index (κ1) is 20.1. The number of likely N-dealkylation sites (tertiary alicyclic amines) is 1. The van der Waals surface area contributed by atoms with Crippen molar-refractivity contribution < 1.29 is 23.1 Å². The number of aromatic nitrogens is 1. The van der Waals surface area contributed by atoms with Gasteiger partial charge in [0.05, 0.1) is 18.4 Å². The van der Waals surface area contributed by atoms with Gasteiger partial charge in [0.2, 0.25) is 5.91 Å². The molecule has 7 nitrogen and oxygen atoms in total. The van der Waals surface area contributed by atoms with Gasteiger partial charge in [-0.05, 0) is 36.4 Å². The fourth-order valence-corrected chi connectivity index (χ4v) is 3.91. The molecule has 30 heavy (non-hydrogen) atoms. The molecular weight excluding hydrogens is 409 g/mol. The molecule has 1 N–H and O–H groups in total. The summed E-state index contributed by atoms with van der Waals surface area (Å²) in [5.41, 5.74) is 0.615. The van der Waals surface area contributed by atoms with Crippen molar-refractivity contribution in [2.45, 2.75) is 25.4 Å². The predicted octanol–water partition coefficient (Wildman–Crippen LogP) is 3.74. The number of halogens is 1. The summed E-state index contributed by atoms with van der Waals surface area (Å²) in [4.78, 5) is 30.7. The Morgan fingerprint density at radius 2 is 2.00 bits per heavy atom. The summed E-state index contributed by atoms with van der Waals surface area (Å²) in [6, 6.07) is 9.15. The molecule has 0 aliphatic carbocycles. The van der Waals surface area contributed by atoms with Crippen LogP contribution in [-0.2, 0) is 11.2 Å². The van der Waals surface area contributed by atoms with Gasteiger partial charge >= 0.3 is 0 Å². The Morgan fingerprint density at radius 1 is 1.23 bits per heavy atom. The van der Waals surface area contributed by atoms with Crippen molar-refractivity contribution >= 4 is 28.3 Å². The number of amides is 2. The zero-order chi connectivity index (χ0) is 20.9. The largest absolute Gasteiger partial charge is 0.490 e. The smallest absolute Gasteiger partial charge is 0.293 e. The van der Waals surface area contributed by atoms with Crippen LogP contribution in [0.5, 0.6) is 5.75 Å². The number of carbonyl (C=O) groups is 2. The molecule has 3 aromatic rings. The lowest BCUT2D eigenvalue weighted by atomic mass is 10.1. The molecule has 156 valence electrons. The highest BCUT2D eigenvalue weighted by Gasteiger charge is 2.24. The van der Waals surface area contributed by atoms with Crippen molar-refractivity contribution in [1.29, 1.82) is 0 Å². The van der Waals surface area contributed by atoms with Gasteiger partial charge in [0.25, 0.3) is 5.91 Å². The van der Waals surface area contributed by atoms with Gasteiger partial charge in [0.1, 0.15) is 17.7 Å². The van der Waals surface area contributed by atoms with E-state index in [0.717, 1.165) is 0 Å². The van der Waals surface area contributed by atoms with Crippen LogP contribution in [0.1, 0.15) is 29.1 Å². The minimum absolute atomic E-state index is 0.00204. The molecule has 2 aromatic heterocycles. The topological polar surface area (TPSA) is 84.7 Å². The summed E-state index contributed by atoms with van der Waals surface area (Å²) >= 11 is 1.26. The van der Waals surface area contributed by atoms with Crippen molar-refractivity contribution in [2.75, 3.05) is 18.4 Å². The van der Waals surface area contributed by atoms with Crippen molar-refractivity contribution in [2.24, 2.45) is 0 Å². The van der Waals surface area contributed by atoms with Crippen LogP contribution in [0, 0.1) is 5.82 Å². The number of nitrogens with one attached hydrogen (secondary N) is 1. The third-order valence-corrected chi connectivity index (χ3v) is 5.57. The molecule has 1 fully saturated rings. The lowest BCUT2D eigenvalue weighted by Crippen LogP contribution is -2.42. The van der Waals surface area contributed by atoms with Gasteiger partial charge in [0, 0.05) is 31.3 Å². The number of rotatable bonds is 6. The molecule has 0 unspecified atom stereocenters. The van der Waals surface area contributed by atoms with E-state index in [9.17, 15) is 14.0 Å². The first-order valence-corrected chi connectivity index (χ1v) is 10.4. The molecule has 0 spiro atoms. The van der Waals surface area contributed by atoms with E-state index in [4.69, 9.17) is 9.15 Å². The molecule has 0 atom stereocenters. The fraction of sp³-hybridized carbons (Fsp3) is 0.286. The molecule has 0 bridgehead atoms. The summed E-state index contributed by atoms with van der Waals surface area (Å²) in [6.45, 7) is 1.19. The lowest BCUT2D eigenvalue weighted by molar-refractivity contribution is -0.132. The maximum absolute atomic E-state index is 13.0. The Hall–Kier alpha value is -3.20. The molecule has 4 rings (SSSR count). The van der Waals surface area contributed by atoms with E-state index in [2.05, 4.69) is 10.3 Å². The summed E-state index contributed by atoms with van der Waals surface area (Å²) < 4.78 is 23.9. The van der Waals surface area contributed by atoms with E-state index < -0.39 is 0 Å². The lowest BCUT2D eigenvalue weighted by Gasteiger charge is -2.32. The van der Waals surface area contributed by atoms with Crippen LogP contribution >= 0.6 is 11.3 Å². The van der Waals surface area contributed by atoms with Gasteiger partial charge in [-0.3, -0.25) is 14.9 Å². The molecule has 0 saturated carbocycles. The highest BCUT2D eigenvalue weighted by atomic mass is 32.1.